The van der Waals surface area contributed by atoms with Crippen molar-refractivity contribution in [1.82, 2.24) is 0 Å². The van der Waals surface area contributed by atoms with Crippen molar-refractivity contribution in [1.29, 1.82) is 0 Å². The molecule has 0 spiro atoms. The second-order valence-corrected chi connectivity index (χ2v) is 5.99. The van der Waals surface area contributed by atoms with Crippen molar-refractivity contribution in [2.24, 2.45) is 0 Å². The lowest BCUT2D eigenvalue weighted by molar-refractivity contribution is -0.140. The van der Waals surface area contributed by atoms with Crippen LogP contribution in [0.3, 0.4) is 0 Å². The summed E-state index contributed by atoms with van der Waals surface area (Å²) in [5.74, 6) is -0.748. The fraction of sp³-hybridized carbons (Fsp3) is 0.364. The number of benzene rings is 1. The molecule has 0 aliphatic carbocycles. The van der Waals surface area contributed by atoms with E-state index in [1.165, 1.54) is 31.4 Å². The van der Waals surface area contributed by atoms with Crippen LogP contribution in [0.2, 0.25) is 5.02 Å². The third-order valence-electron chi connectivity index (χ3n) is 2.35. The normalized spacial score (nSPS) is 13.1. The largest absolute Gasteiger partial charge is 0.468 e. The highest BCUT2D eigenvalue weighted by Gasteiger charge is 2.33. The van der Waals surface area contributed by atoms with Crippen LogP contribution in [-0.4, -0.2) is 26.7 Å². The van der Waals surface area contributed by atoms with Crippen LogP contribution in [0.15, 0.2) is 29.2 Å². The lowest BCUT2D eigenvalue weighted by Gasteiger charge is -2.13. The lowest BCUT2D eigenvalue weighted by Crippen LogP contribution is -2.30. The molecule has 0 aliphatic rings. The van der Waals surface area contributed by atoms with Gasteiger partial charge in [0, 0.05) is 5.02 Å². The van der Waals surface area contributed by atoms with E-state index in [9.17, 15) is 13.2 Å². The molecule has 1 aromatic rings. The first-order valence-corrected chi connectivity index (χ1v) is 6.93. The Morgan fingerprint density at radius 2 is 1.88 bits per heavy atom. The van der Waals surface area contributed by atoms with Gasteiger partial charge in [0.05, 0.1) is 12.0 Å². The fourth-order valence-corrected chi connectivity index (χ4v) is 3.19. The molecular weight excluding hydrogens is 264 g/mol. The minimum atomic E-state index is -3.71. The summed E-state index contributed by atoms with van der Waals surface area (Å²) in [4.78, 5) is 11.5. The van der Waals surface area contributed by atoms with Crippen molar-refractivity contribution in [3.63, 3.8) is 0 Å². The van der Waals surface area contributed by atoms with E-state index in [2.05, 4.69) is 4.74 Å². The van der Waals surface area contributed by atoms with Crippen molar-refractivity contribution in [3.8, 4) is 0 Å². The quantitative estimate of drug-likeness (QED) is 0.790. The maximum Gasteiger partial charge on any atom is 0.324 e. The number of esters is 1. The SMILES string of the molecule is CC[C@@H](C(=O)OC)S(=O)(=O)c1ccc(Cl)cc1. The van der Waals surface area contributed by atoms with Gasteiger partial charge in [-0.3, -0.25) is 4.79 Å². The molecule has 0 amide bonds. The van der Waals surface area contributed by atoms with Gasteiger partial charge < -0.3 is 4.74 Å². The molecule has 0 saturated heterocycles. The summed E-state index contributed by atoms with van der Waals surface area (Å²) in [6.45, 7) is 1.62. The molecule has 0 N–H and O–H groups in total. The Hall–Kier alpha value is -1.07. The van der Waals surface area contributed by atoms with Crippen LogP contribution in [0.4, 0.5) is 0 Å². The summed E-state index contributed by atoms with van der Waals surface area (Å²) in [6.07, 6.45) is 0.164. The van der Waals surface area contributed by atoms with Gasteiger partial charge in [0.2, 0.25) is 0 Å². The van der Waals surface area contributed by atoms with Crippen LogP contribution in [0.25, 0.3) is 0 Å². The second-order valence-electron chi connectivity index (χ2n) is 3.42. The number of sulfone groups is 1. The third-order valence-corrected chi connectivity index (χ3v) is 4.81. The summed E-state index contributed by atoms with van der Waals surface area (Å²) >= 11 is 5.68. The summed E-state index contributed by atoms with van der Waals surface area (Å²) in [7, 11) is -2.54. The van der Waals surface area contributed by atoms with Gasteiger partial charge in [-0.15, -0.1) is 0 Å². The first kappa shape index (κ1) is 14.0. The molecule has 0 unspecified atom stereocenters. The summed E-state index contributed by atoms with van der Waals surface area (Å²) in [5.41, 5.74) is 0. The molecule has 4 nitrogen and oxygen atoms in total. The molecule has 1 atom stereocenters. The van der Waals surface area contributed by atoms with E-state index in [0.717, 1.165) is 0 Å². The van der Waals surface area contributed by atoms with Gasteiger partial charge in [0.1, 0.15) is 0 Å². The number of halogens is 1. The highest BCUT2D eigenvalue weighted by Crippen LogP contribution is 2.21. The molecule has 0 aromatic heterocycles. The maximum absolute atomic E-state index is 12.1. The molecule has 17 heavy (non-hydrogen) atoms. The van der Waals surface area contributed by atoms with E-state index in [-0.39, 0.29) is 11.3 Å². The minimum Gasteiger partial charge on any atom is -0.468 e. The lowest BCUT2D eigenvalue weighted by atomic mass is 10.3. The second kappa shape index (κ2) is 5.51. The zero-order chi connectivity index (χ0) is 13.1. The fourth-order valence-electron chi connectivity index (χ4n) is 1.43. The number of methoxy groups -OCH3 is 1. The van der Waals surface area contributed by atoms with Gasteiger partial charge in [0.25, 0.3) is 0 Å². The van der Waals surface area contributed by atoms with E-state index >= 15 is 0 Å². The predicted octanol–water partition coefficient (Wildman–Crippen LogP) is 2.07. The summed E-state index contributed by atoms with van der Waals surface area (Å²) in [5, 5.41) is -0.733. The Labute approximate surface area is 105 Å². The summed E-state index contributed by atoms with van der Waals surface area (Å²) in [6, 6.07) is 5.70. The van der Waals surface area contributed by atoms with Crippen molar-refractivity contribution < 1.29 is 17.9 Å². The van der Waals surface area contributed by atoms with Crippen LogP contribution in [0, 0.1) is 0 Å². The Bertz CT molecular complexity index is 493. The highest BCUT2D eigenvalue weighted by molar-refractivity contribution is 7.92. The topological polar surface area (TPSA) is 60.4 Å². The van der Waals surface area contributed by atoms with Gasteiger partial charge >= 0.3 is 5.97 Å². The molecule has 0 aliphatic heterocycles. The Balaban J connectivity index is 3.17. The van der Waals surface area contributed by atoms with Gasteiger partial charge in [-0.25, -0.2) is 8.42 Å². The van der Waals surface area contributed by atoms with E-state index in [4.69, 9.17) is 11.6 Å². The molecule has 0 fully saturated rings. The standard InChI is InChI=1S/C11H13ClO4S/c1-3-10(11(13)16-2)17(14,15)9-6-4-8(12)5-7-9/h4-7,10H,3H2,1-2H3/t10-/m0/s1. The van der Waals surface area contributed by atoms with E-state index in [1.807, 2.05) is 0 Å². The van der Waals surface area contributed by atoms with E-state index in [1.54, 1.807) is 6.92 Å². The number of hydrogen-bond donors (Lipinski definition) is 0. The van der Waals surface area contributed by atoms with Crippen LogP contribution in [0.5, 0.6) is 0 Å². The zero-order valence-electron chi connectivity index (χ0n) is 9.51. The molecule has 0 radical (unpaired) electrons. The average molecular weight is 277 g/mol. The van der Waals surface area contributed by atoms with Crippen LogP contribution in [-0.2, 0) is 19.4 Å². The first-order chi connectivity index (χ1) is 7.93. The molecule has 6 heteroatoms. The molecule has 94 valence electrons. The monoisotopic (exact) mass is 276 g/mol. The van der Waals surface area contributed by atoms with Crippen molar-refractivity contribution in [3.05, 3.63) is 29.3 Å². The smallest absolute Gasteiger partial charge is 0.324 e. The van der Waals surface area contributed by atoms with Crippen molar-refractivity contribution in [2.75, 3.05) is 7.11 Å². The van der Waals surface area contributed by atoms with Gasteiger partial charge in [-0.1, -0.05) is 18.5 Å². The highest BCUT2D eigenvalue weighted by atomic mass is 35.5. The molecule has 0 heterocycles. The predicted molar refractivity (Wildman–Crippen MR) is 64.7 cm³/mol. The Kier molecular flexibility index (Phi) is 4.54. The van der Waals surface area contributed by atoms with Gasteiger partial charge in [-0.05, 0) is 30.7 Å². The number of rotatable bonds is 4. The van der Waals surface area contributed by atoms with E-state index < -0.39 is 21.1 Å². The number of carbonyl (C=O) groups excluding carboxylic acids is 1. The van der Waals surface area contributed by atoms with Crippen molar-refractivity contribution in [2.45, 2.75) is 23.5 Å². The van der Waals surface area contributed by atoms with Gasteiger partial charge in [0.15, 0.2) is 15.1 Å². The minimum absolute atomic E-state index is 0.0687. The Morgan fingerprint density at radius 1 is 1.35 bits per heavy atom. The molecule has 1 aromatic carbocycles. The molecule has 0 saturated carbocycles. The van der Waals surface area contributed by atoms with Crippen LogP contribution in [0.1, 0.15) is 13.3 Å². The summed E-state index contributed by atoms with van der Waals surface area (Å²) < 4.78 is 28.8. The van der Waals surface area contributed by atoms with Crippen molar-refractivity contribution >= 4 is 27.4 Å². The number of carbonyl (C=O) groups is 1. The molecule has 1 rings (SSSR count). The number of hydrogen-bond acceptors (Lipinski definition) is 4. The average Bonchev–Trinajstić information content (AvgIpc) is 2.29. The maximum atomic E-state index is 12.1. The number of ether oxygens (including phenoxy) is 1. The van der Waals surface area contributed by atoms with Crippen LogP contribution >= 0.6 is 11.6 Å². The Morgan fingerprint density at radius 3 is 2.29 bits per heavy atom. The third kappa shape index (κ3) is 2.98. The van der Waals surface area contributed by atoms with Gasteiger partial charge in [-0.2, -0.15) is 0 Å². The molecular formula is C11H13ClO4S. The van der Waals surface area contributed by atoms with Crippen LogP contribution < -0.4 is 0 Å². The zero-order valence-corrected chi connectivity index (χ0v) is 11.1. The molecule has 0 bridgehead atoms. The first-order valence-electron chi connectivity index (χ1n) is 5.00. The van der Waals surface area contributed by atoms with E-state index in [0.29, 0.717) is 5.02 Å².